The third-order valence-corrected chi connectivity index (χ3v) is 4.89. The number of benzene rings is 2. The van der Waals surface area contributed by atoms with Gasteiger partial charge in [-0.1, -0.05) is 48.5 Å². The number of aliphatic hydroxyl groups excluding tert-OH is 1. The lowest BCUT2D eigenvalue weighted by molar-refractivity contribution is -0.140. The summed E-state index contributed by atoms with van der Waals surface area (Å²) in [7, 11) is 0. The molecule has 5 nitrogen and oxygen atoms in total. The van der Waals surface area contributed by atoms with Crippen molar-refractivity contribution in [2.45, 2.75) is 12.6 Å². The second-order valence-electron chi connectivity index (χ2n) is 6.67. The van der Waals surface area contributed by atoms with E-state index in [9.17, 15) is 19.1 Å². The SMILES string of the molecule is O=C1C(=O)N(Cc2ccncc2)C(c2ccccc2F)/C1=C(/O)c1ccccc1. The molecule has 1 aliphatic rings. The number of halogens is 1. The zero-order chi connectivity index (χ0) is 20.4. The van der Waals surface area contributed by atoms with Gasteiger partial charge in [-0.05, 0) is 23.8 Å². The Morgan fingerprint density at radius 2 is 1.62 bits per heavy atom. The smallest absolute Gasteiger partial charge is 0.295 e. The minimum absolute atomic E-state index is 0.0810. The lowest BCUT2D eigenvalue weighted by atomic mass is 9.95. The molecule has 29 heavy (non-hydrogen) atoms. The average molecular weight is 388 g/mol. The van der Waals surface area contributed by atoms with Crippen molar-refractivity contribution in [3.05, 3.63) is 107 Å². The van der Waals surface area contributed by atoms with Crippen molar-refractivity contribution in [2.24, 2.45) is 0 Å². The quantitative estimate of drug-likeness (QED) is 0.419. The molecule has 1 amide bonds. The second kappa shape index (κ2) is 7.67. The molecule has 0 aliphatic carbocycles. The molecule has 0 saturated carbocycles. The highest BCUT2D eigenvalue weighted by atomic mass is 19.1. The van der Waals surface area contributed by atoms with Crippen molar-refractivity contribution in [1.82, 2.24) is 9.88 Å². The van der Waals surface area contributed by atoms with Crippen LogP contribution in [0, 0.1) is 5.82 Å². The number of carbonyl (C=O) groups is 2. The second-order valence-corrected chi connectivity index (χ2v) is 6.67. The van der Waals surface area contributed by atoms with Gasteiger partial charge in [0.25, 0.3) is 11.7 Å². The molecule has 4 rings (SSSR count). The molecular formula is C23H17FN2O3. The Kier molecular flexibility index (Phi) is 4.91. The van der Waals surface area contributed by atoms with Crippen molar-refractivity contribution in [3.63, 3.8) is 0 Å². The minimum Gasteiger partial charge on any atom is -0.507 e. The van der Waals surface area contributed by atoms with Gasteiger partial charge >= 0.3 is 0 Å². The van der Waals surface area contributed by atoms with Crippen molar-refractivity contribution in [2.75, 3.05) is 0 Å². The fourth-order valence-corrected chi connectivity index (χ4v) is 3.50. The highest BCUT2D eigenvalue weighted by Gasteiger charge is 2.46. The summed E-state index contributed by atoms with van der Waals surface area (Å²) in [6, 6.07) is 16.8. The molecule has 3 aromatic rings. The topological polar surface area (TPSA) is 70.5 Å². The van der Waals surface area contributed by atoms with E-state index in [-0.39, 0.29) is 23.4 Å². The van der Waals surface area contributed by atoms with Crippen LogP contribution in [0.3, 0.4) is 0 Å². The highest BCUT2D eigenvalue weighted by Crippen LogP contribution is 2.41. The minimum atomic E-state index is -1.04. The van der Waals surface area contributed by atoms with Crippen LogP contribution in [0.2, 0.25) is 0 Å². The number of pyridine rings is 1. The molecule has 1 aliphatic heterocycles. The van der Waals surface area contributed by atoms with Crippen molar-refractivity contribution in [3.8, 4) is 0 Å². The number of ketones is 1. The van der Waals surface area contributed by atoms with E-state index in [1.807, 2.05) is 0 Å². The van der Waals surface area contributed by atoms with Crippen LogP contribution in [-0.2, 0) is 16.1 Å². The fourth-order valence-electron chi connectivity index (χ4n) is 3.50. The van der Waals surface area contributed by atoms with E-state index in [0.717, 1.165) is 5.56 Å². The Balaban J connectivity index is 1.89. The standard InChI is InChI=1S/C23H17FN2O3/c24-18-9-5-4-8-17(18)20-19(21(27)16-6-2-1-3-7-16)22(28)23(29)26(20)14-15-10-12-25-13-11-15/h1-13,20,27H,14H2/b21-19-. The lowest BCUT2D eigenvalue weighted by Crippen LogP contribution is -2.29. The van der Waals surface area contributed by atoms with Crippen molar-refractivity contribution >= 4 is 17.4 Å². The first-order chi connectivity index (χ1) is 14.1. The number of aliphatic hydroxyl groups is 1. The molecule has 0 bridgehead atoms. The Morgan fingerprint density at radius 3 is 2.31 bits per heavy atom. The van der Waals surface area contributed by atoms with E-state index in [4.69, 9.17) is 0 Å². The van der Waals surface area contributed by atoms with Crippen LogP contribution in [0.15, 0.2) is 84.7 Å². The van der Waals surface area contributed by atoms with E-state index in [2.05, 4.69) is 4.98 Å². The number of Topliss-reactive ketones (excluding diaryl/α,β-unsaturated/α-hetero) is 1. The zero-order valence-corrected chi connectivity index (χ0v) is 15.3. The number of hydrogen-bond acceptors (Lipinski definition) is 4. The molecule has 1 N–H and O–H groups in total. The summed E-state index contributed by atoms with van der Waals surface area (Å²) in [5, 5.41) is 10.9. The Hall–Kier alpha value is -3.80. The van der Waals surface area contributed by atoms with E-state index in [1.165, 1.54) is 23.1 Å². The molecule has 1 saturated heterocycles. The maximum atomic E-state index is 14.7. The molecule has 2 heterocycles. The van der Waals surface area contributed by atoms with E-state index in [0.29, 0.717) is 5.56 Å². The summed E-state index contributed by atoms with van der Waals surface area (Å²) in [5.74, 6) is -2.51. The van der Waals surface area contributed by atoms with Crippen LogP contribution >= 0.6 is 0 Å². The third kappa shape index (κ3) is 3.40. The predicted molar refractivity (Wildman–Crippen MR) is 105 cm³/mol. The molecule has 0 radical (unpaired) electrons. The number of carbonyl (C=O) groups excluding carboxylic acids is 2. The summed E-state index contributed by atoms with van der Waals surface area (Å²) in [5.41, 5.74) is 1.15. The summed E-state index contributed by atoms with van der Waals surface area (Å²) in [6.45, 7) is 0.0810. The number of amides is 1. The number of rotatable bonds is 4. The van der Waals surface area contributed by atoms with Gasteiger partial charge in [-0.2, -0.15) is 0 Å². The first kappa shape index (κ1) is 18.6. The molecule has 2 aromatic carbocycles. The molecule has 0 spiro atoms. The Labute approximate surface area is 166 Å². The van der Waals surface area contributed by atoms with E-state index < -0.39 is 23.5 Å². The summed E-state index contributed by atoms with van der Waals surface area (Å²) >= 11 is 0. The largest absolute Gasteiger partial charge is 0.507 e. The number of hydrogen-bond donors (Lipinski definition) is 1. The number of likely N-dealkylation sites (tertiary alicyclic amines) is 1. The van der Waals surface area contributed by atoms with Gasteiger partial charge in [-0.25, -0.2) is 4.39 Å². The maximum Gasteiger partial charge on any atom is 0.295 e. The van der Waals surface area contributed by atoms with Crippen LogP contribution in [0.4, 0.5) is 4.39 Å². The zero-order valence-electron chi connectivity index (χ0n) is 15.3. The van der Waals surface area contributed by atoms with Crippen molar-refractivity contribution in [1.29, 1.82) is 0 Å². The van der Waals surface area contributed by atoms with Gasteiger partial charge in [0.15, 0.2) is 0 Å². The van der Waals surface area contributed by atoms with E-state index >= 15 is 0 Å². The molecular weight excluding hydrogens is 371 g/mol. The number of nitrogens with zero attached hydrogens (tertiary/aromatic N) is 2. The summed E-state index contributed by atoms with van der Waals surface area (Å²) < 4.78 is 14.7. The van der Waals surface area contributed by atoms with Gasteiger partial charge in [0.05, 0.1) is 11.6 Å². The molecule has 144 valence electrons. The third-order valence-electron chi connectivity index (χ3n) is 4.89. The highest BCUT2D eigenvalue weighted by molar-refractivity contribution is 6.46. The van der Waals surface area contributed by atoms with E-state index in [1.54, 1.807) is 60.9 Å². The predicted octanol–water partition coefficient (Wildman–Crippen LogP) is 3.84. The Bertz CT molecular complexity index is 1100. The number of aromatic nitrogens is 1. The average Bonchev–Trinajstić information content (AvgIpc) is 3.00. The van der Waals surface area contributed by atoms with Crippen LogP contribution in [0.1, 0.15) is 22.7 Å². The molecule has 1 aromatic heterocycles. The van der Waals surface area contributed by atoms with Crippen LogP contribution in [0.25, 0.3) is 5.76 Å². The molecule has 1 atom stereocenters. The monoisotopic (exact) mass is 388 g/mol. The maximum absolute atomic E-state index is 14.7. The van der Waals surface area contributed by atoms with Crippen LogP contribution in [0.5, 0.6) is 0 Å². The Morgan fingerprint density at radius 1 is 0.966 bits per heavy atom. The fraction of sp³-hybridized carbons (Fsp3) is 0.0870. The van der Waals surface area contributed by atoms with Crippen molar-refractivity contribution < 1.29 is 19.1 Å². The van der Waals surface area contributed by atoms with Gasteiger partial charge in [0.1, 0.15) is 11.6 Å². The normalized spacial score (nSPS) is 18.2. The van der Waals surface area contributed by atoms with Gasteiger partial charge in [0.2, 0.25) is 0 Å². The van der Waals surface area contributed by atoms with Gasteiger partial charge in [-0.15, -0.1) is 0 Å². The van der Waals surface area contributed by atoms with Gasteiger partial charge < -0.3 is 10.0 Å². The first-order valence-electron chi connectivity index (χ1n) is 9.05. The van der Waals surface area contributed by atoms with Gasteiger partial charge in [0, 0.05) is 30.1 Å². The lowest BCUT2D eigenvalue weighted by Gasteiger charge is -2.25. The summed E-state index contributed by atoms with van der Waals surface area (Å²) in [4.78, 5) is 30.9. The molecule has 6 heteroatoms. The van der Waals surface area contributed by atoms with Crippen LogP contribution in [-0.4, -0.2) is 26.7 Å². The summed E-state index contributed by atoms with van der Waals surface area (Å²) in [6.07, 6.45) is 3.15. The molecule has 1 fully saturated rings. The van der Waals surface area contributed by atoms with Gasteiger partial charge in [-0.3, -0.25) is 14.6 Å². The van der Waals surface area contributed by atoms with Crippen LogP contribution < -0.4 is 0 Å². The molecule has 1 unspecified atom stereocenters. The first-order valence-corrected chi connectivity index (χ1v) is 9.05.